The van der Waals surface area contributed by atoms with Gasteiger partial charge in [-0.1, -0.05) is 17.7 Å². The second kappa shape index (κ2) is 11.5. The molecule has 1 aliphatic rings. The zero-order chi connectivity index (χ0) is 25.5. The van der Waals surface area contributed by atoms with Crippen LogP contribution in [0.15, 0.2) is 46.6 Å². The molecule has 0 unspecified atom stereocenters. The molecule has 35 heavy (non-hydrogen) atoms. The topological polar surface area (TPSA) is 123 Å². The Morgan fingerprint density at radius 3 is 2.54 bits per heavy atom. The summed E-state index contributed by atoms with van der Waals surface area (Å²) < 4.78 is 16.1. The van der Waals surface area contributed by atoms with Crippen molar-refractivity contribution in [1.29, 1.82) is 0 Å². The van der Waals surface area contributed by atoms with Crippen LogP contribution in [0.2, 0.25) is 0 Å². The molecule has 10 nitrogen and oxygen atoms in total. The van der Waals surface area contributed by atoms with Gasteiger partial charge in [-0.05, 0) is 65.7 Å². The summed E-state index contributed by atoms with van der Waals surface area (Å²) in [5.41, 5.74) is 2.10. The van der Waals surface area contributed by atoms with Crippen LogP contribution in [0.1, 0.15) is 18.1 Å². The standard InChI is InChI=1S/C24H24BrN3O7/c1-4-34-21(30)13-35-22-17(25)9-15(11-19(22)33-3)10-18-23(31)28(24(32)27-18)12-20(29)26-16-7-5-14(2)6-8-16/h5-11H,4,12-13H2,1-3H3,(H,26,29)(H,27,32). The van der Waals surface area contributed by atoms with E-state index < -0.39 is 30.4 Å². The van der Waals surface area contributed by atoms with E-state index in [-0.39, 0.29) is 24.7 Å². The van der Waals surface area contributed by atoms with E-state index in [1.165, 1.54) is 13.2 Å². The second-order valence-electron chi connectivity index (χ2n) is 7.42. The molecule has 2 aromatic rings. The maximum absolute atomic E-state index is 12.8. The molecule has 1 fully saturated rings. The molecule has 0 radical (unpaired) electrons. The fourth-order valence-corrected chi connectivity index (χ4v) is 3.73. The molecule has 11 heteroatoms. The predicted molar refractivity (Wildman–Crippen MR) is 131 cm³/mol. The largest absolute Gasteiger partial charge is 0.493 e. The molecule has 2 N–H and O–H groups in total. The molecule has 1 saturated heterocycles. The Morgan fingerprint density at radius 2 is 1.89 bits per heavy atom. The van der Waals surface area contributed by atoms with Crippen molar-refractivity contribution < 1.29 is 33.4 Å². The number of urea groups is 1. The Bertz CT molecular complexity index is 1180. The van der Waals surface area contributed by atoms with E-state index in [0.29, 0.717) is 21.5 Å². The number of amides is 4. The molecule has 0 atom stereocenters. The smallest absolute Gasteiger partial charge is 0.344 e. The summed E-state index contributed by atoms with van der Waals surface area (Å²) in [6.07, 6.45) is 1.44. The molecule has 2 aromatic carbocycles. The highest BCUT2D eigenvalue weighted by Crippen LogP contribution is 2.37. The van der Waals surface area contributed by atoms with Crippen LogP contribution in [0.5, 0.6) is 11.5 Å². The van der Waals surface area contributed by atoms with Gasteiger partial charge in [-0.3, -0.25) is 9.59 Å². The van der Waals surface area contributed by atoms with Crippen LogP contribution in [0, 0.1) is 6.92 Å². The number of benzene rings is 2. The molecule has 3 rings (SSSR count). The van der Waals surface area contributed by atoms with Gasteiger partial charge in [0.1, 0.15) is 12.2 Å². The van der Waals surface area contributed by atoms with Gasteiger partial charge in [0.25, 0.3) is 5.91 Å². The van der Waals surface area contributed by atoms with Crippen molar-refractivity contribution in [1.82, 2.24) is 10.2 Å². The molecule has 1 heterocycles. The van der Waals surface area contributed by atoms with Gasteiger partial charge in [-0.2, -0.15) is 0 Å². The minimum atomic E-state index is -0.708. The van der Waals surface area contributed by atoms with Crippen molar-refractivity contribution in [2.24, 2.45) is 0 Å². The number of ether oxygens (including phenoxy) is 3. The number of carbonyl (C=O) groups is 4. The van der Waals surface area contributed by atoms with Crippen LogP contribution in [0.3, 0.4) is 0 Å². The highest BCUT2D eigenvalue weighted by Gasteiger charge is 2.35. The maximum atomic E-state index is 12.8. The van der Waals surface area contributed by atoms with Crippen LogP contribution >= 0.6 is 15.9 Å². The number of esters is 1. The van der Waals surface area contributed by atoms with E-state index in [1.54, 1.807) is 31.2 Å². The molecule has 0 bridgehead atoms. The first-order valence-corrected chi connectivity index (χ1v) is 11.4. The quantitative estimate of drug-likeness (QED) is 0.281. The number of anilines is 1. The first-order valence-electron chi connectivity index (χ1n) is 10.6. The molecular weight excluding hydrogens is 522 g/mol. The van der Waals surface area contributed by atoms with Gasteiger partial charge in [0.2, 0.25) is 5.91 Å². The number of hydrogen-bond acceptors (Lipinski definition) is 7. The van der Waals surface area contributed by atoms with Gasteiger partial charge >= 0.3 is 12.0 Å². The monoisotopic (exact) mass is 545 g/mol. The Labute approximate surface area is 210 Å². The normalized spacial score (nSPS) is 14.1. The van der Waals surface area contributed by atoms with Gasteiger partial charge < -0.3 is 24.8 Å². The SMILES string of the molecule is CCOC(=O)COc1c(Br)cc(C=C2NC(=O)N(CC(=O)Nc3ccc(C)cc3)C2=O)cc1OC. The van der Waals surface area contributed by atoms with Crippen molar-refractivity contribution in [3.63, 3.8) is 0 Å². The first-order chi connectivity index (χ1) is 16.7. The summed E-state index contributed by atoms with van der Waals surface area (Å²) in [5, 5.41) is 5.13. The van der Waals surface area contributed by atoms with Crippen LogP contribution in [-0.4, -0.2) is 55.6 Å². The van der Waals surface area contributed by atoms with Gasteiger partial charge in [-0.25, -0.2) is 14.5 Å². The molecule has 0 aromatic heterocycles. The van der Waals surface area contributed by atoms with Gasteiger partial charge in [0, 0.05) is 5.69 Å². The highest BCUT2D eigenvalue weighted by molar-refractivity contribution is 9.10. The molecule has 184 valence electrons. The number of carbonyl (C=O) groups excluding carboxylic acids is 4. The summed E-state index contributed by atoms with van der Waals surface area (Å²) in [6, 6.07) is 9.63. The average Bonchev–Trinajstić information content (AvgIpc) is 3.07. The van der Waals surface area contributed by atoms with E-state index in [4.69, 9.17) is 14.2 Å². The number of halogens is 1. The van der Waals surface area contributed by atoms with E-state index in [1.807, 2.05) is 19.1 Å². The molecule has 0 aliphatic carbocycles. The predicted octanol–water partition coefficient (Wildman–Crippen LogP) is 3.24. The highest BCUT2D eigenvalue weighted by atomic mass is 79.9. The van der Waals surface area contributed by atoms with Crippen LogP contribution in [0.25, 0.3) is 6.08 Å². The van der Waals surface area contributed by atoms with Crippen LogP contribution in [-0.2, 0) is 19.1 Å². The van der Waals surface area contributed by atoms with Crippen molar-refractivity contribution in [3.05, 3.63) is 57.7 Å². The Balaban J connectivity index is 1.72. The van der Waals surface area contributed by atoms with Crippen molar-refractivity contribution in [2.75, 3.05) is 32.2 Å². The third kappa shape index (κ3) is 6.60. The summed E-state index contributed by atoms with van der Waals surface area (Å²) in [4.78, 5) is 49.9. The summed E-state index contributed by atoms with van der Waals surface area (Å²) in [5.74, 6) is -1.11. The van der Waals surface area contributed by atoms with Crippen molar-refractivity contribution in [3.8, 4) is 11.5 Å². The molecule has 1 aliphatic heterocycles. The van der Waals surface area contributed by atoms with Crippen molar-refractivity contribution >= 4 is 51.5 Å². The van der Waals surface area contributed by atoms with Crippen molar-refractivity contribution in [2.45, 2.75) is 13.8 Å². The Morgan fingerprint density at radius 1 is 1.17 bits per heavy atom. The third-order valence-corrected chi connectivity index (χ3v) is 5.39. The summed E-state index contributed by atoms with van der Waals surface area (Å²) in [6.45, 7) is 3.10. The molecule has 4 amide bonds. The summed E-state index contributed by atoms with van der Waals surface area (Å²) in [7, 11) is 1.42. The number of imide groups is 1. The minimum absolute atomic E-state index is 0.00715. The number of hydrogen-bond donors (Lipinski definition) is 2. The molecule has 0 spiro atoms. The lowest BCUT2D eigenvalue weighted by Crippen LogP contribution is -2.38. The van der Waals surface area contributed by atoms with E-state index in [9.17, 15) is 19.2 Å². The zero-order valence-electron chi connectivity index (χ0n) is 19.3. The fraction of sp³-hybridized carbons (Fsp3) is 0.250. The molecular formula is C24H24BrN3O7. The van der Waals surface area contributed by atoms with Gasteiger partial charge in [-0.15, -0.1) is 0 Å². The lowest BCUT2D eigenvalue weighted by Gasteiger charge is -2.13. The number of methoxy groups -OCH3 is 1. The third-order valence-electron chi connectivity index (χ3n) is 4.80. The lowest BCUT2D eigenvalue weighted by molar-refractivity contribution is -0.145. The molecule has 0 saturated carbocycles. The van der Waals surface area contributed by atoms with E-state index >= 15 is 0 Å². The Hall–Kier alpha value is -3.86. The summed E-state index contributed by atoms with van der Waals surface area (Å²) >= 11 is 3.36. The Kier molecular flexibility index (Phi) is 8.48. The first kappa shape index (κ1) is 25.8. The van der Waals surface area contributed by atoms with Gasteiger partial charge in [0.15, 0.2) is 18.1 Å². The number of rotatable bonds is 9. The minimum Gasteiger partial charge on any atom is -0.493 e. The maximum Gasteiger partial charge on any atom is 0.344 e. The van der Waals surface area contributed by atoms with E-state index in [0.717, 1.165) is 10.5 Å². The number of nitrogens with one attached hydrogen (secondary N) is 2. The second-order valence-corrected chi connectivity index (χ2v) is 8.28. The van der Waals surface area contributed by atoms with Crippen LogP contribution in [0.4, 0.5) is 10.5 Å². The zero-order valence-corrected chi connectivity index (χ0v) is 20.9. The van der Waals surface area contributed by atoms with Gasteiger partial charge in [0.05, 0.1) is 18.2 Å². The van der Waals surface area contributed by atoms with Crippen LogP contribution < -0.4 is 20.1 Å². The van der Waals surface area contributed by atoms with E-state index in [2.05, 4.69) is 26.6 Å². The number of aryl methyl sites for hydroxylation is 1. The lowest BCUT2D eigenvalue weighted by atomic mass is 10.1. The fourth-order valence-electron chi connectivity index (χ4n) is 3.16. The average molecular weight is 546 g/mol. The number of nitrogens with zero attached hydrogens (tertiary/aromatic N) is 1.